The van der Waals surface area contributed by atoms with Crippen molar-refractivity contribution in [3.63, 3.8) is 0 Å². The first-order chi connectivity index (χ1) is 15.0. The quantitative estimate of drug-likeness (QED) is 0.388. The zero-order valence-corrected chi connectivity index (χ0v) is 18.6. The highest BCUT2D eigenvalue weighted by Gasteiger charge is 2.08. The Morgan fingerprint density at radius 3 is 2.45 bits per heavy atom. The van der Waals surface area contributed by atoms with Crippen LogP contribution in [-0.2, 0) is 17.8 Å². The monoisotopic (exact) mass is 436 g/mol. The molecule has 0 bridgehead atoms. The number of rotatable bonds is 8. The number of carbonyl (C=O) groups is 1. The van der Waals surface area contributed by atoms with Crippen molar-refractivity contribution < 1.29 is 14.3 Å². The topological polar surface area (TPSA) is 59.9 Å². The highest BCUT2D eigenvalue weighted by Crippen LogP contribution is 2.27. The summed E-state index contributed by atoms with van der Waals surface area (Å²) in [7, 11) is 1.62. The molecule has 0 aliphatic heterocycles. The van der Waals surface area contributed by atoms with Gasteiger partial charge >= 0.3 is 0 Å². The molecule has 0 fully saturated rings. The van der Waals surface area contributed by atoms with E-state index < -0.39 is 0 Å². The Bertz CT molecular complexity index is 1060. The number of hydrazone groups is 1. The second-order valence-corrected chi connectivity index (χ2v) is 7.56. The number of halogens is 1. The van der Waals surface area contributed by atoms with Crippen molar-refractivity contribution in [2.24, 2.45) is 5.10 Å². The van der Waals surface area contributed by atoms with E-state index in [1.165, 1.54) is 0 Å². The SMILES string of the molecule is COc1ccc(C=NNC(=O)Cc2ccccc2)cc1COc1cc(C)c(Cl)c(C)c1. The summed E-state index contributed by atoms with van der Waals surface area (Å²) in [5.41, 5.74) is 7.12. The van der Waals surface area contributed by atoms with Crippen molar-refractivity contribution in [1.82, 2.24) is 5.43 Å². The maximum absolute atomic E-state index is 12.0. The van der Waals surface area contributed by atoms with Crippen LogP contribution in [0, 0.1) is 13.8 Å². The highest BCUT2D eigenvalue weighted by atomic mass is 35.5. The van der Waals surface area contributed by atoms with Gasteiger partial charge in [-0.3, -0.25) is 4.79 Å². The van der Waals surface area contributed by atoms with Crippen LogP contribution in [0.2, 0.25) is 5.02 Å². The van der Waals surface area contributed by atoms with E-state index in [4.69, 9.17) is 21.1 Å². The minimum absolute atomic E-state index is 0.173. The number of benzene rings is 3. The van der Waals surface area contributed by atoms with Crippen molar-refractivity contribution in [2.45, 2.75) is 26.9 Å². The Kier molecular flexibility index (Phi) is 7.68. The summed E-state index contributed by atoms with van der Waals surface area (Å²) in [5, 5.41) is 4.81. The molecule has 6 heteroatoms. The smallest absolute Gasteiger partial charge is 0.244 e. The first-order valence-electron chi connectivity index (χ1n) is 9.88. The molecule has 31 heavy (non-hydrogen) atoms. The molecule has 0 radical (unpaired) electrons. The number of aryl methyl sites for hydroxylation is 2. The van der Waals surface area contributed by atoms with E-state index in [1.54, 1.807) is 13.3 Å². The maximum Gasteiger partial charge on any atom is 0.244 e. The fraction of sp³-hybridized carbons (Fsp3) is 0.200. The number of hydrogen-bond acceptors (Lipinski definition) is 4. The molecule has 0 aromatic heterocycles. The molecule has 0 aliphatic rings. The van der Waals surface area contributed by atoms with Gasteiger partial charge in [-0.1, -0.05) is 41.9 Å². The van der Waals surface area contributed by atoms with Crippen molar-refractivity contribution in [1.29, 1.82) is 0 Å². The molecular formula is C25H25ClN2O3. The van der Waals surface area contributed by atoms with Crippen LogP contribution in [0.15, 0.2) is 65.8 Å². The molecule has 0 heterocycles. The van der Waals surface area contributed by atoms with Crippen LogP contribution < -0.4 is 14.9 Å². The third kappa shape index (κ3) is 6.33. The van der Waals surface area contributed by atoms with E-state index in [0.717, 1.165) is 38.6 Å². The molecule has 0 unspecified atom stereocenters. The number of ether oxygens (including phenoxy) is 2. The van der Waals surface area contributed by atoms with Crippen LogP contribution in [0.5, 0.6) is 11.5 Å². The number of nitrogens with zero attached hydrogens (tertiary/aromatic N) is 1. The second kappa shape index (κ2) is 10.6. The van der Waals surface area contributed by atoms with Gasteiger partial charge in [0.25, 0.3) is 0 Å². The second-order valence-electron chi connectivity index (χ2n) is 7.19. The van der Waals surface area contributed by atoms with Crippen LogP contribution in [-0.4, -0.2) is 19.2 Å². The molecule has 160 valence electrons. The third-order valence-electron chi connectivity index (χ3n) is 4.72. The number of hydrogen-bond donors (Lipinski definition) is 1. The first-order valence-corrected chi connectivity index (χ1v) is 10.3. The minimum atomic E-state index is -0.173. The Balaban J connectivity index is 1.64. The fourth-order valence-corrected chi connectivity index (χ4v) is 3.25. The molecule has 3 aromatic rings. The molecule has 3 aromatic carbocycles. The van der Waals surface area contributed by atoms with Gasteiger partial charge in [-0.25, -0.2) is 5.43 Å². The molecule has 1 amide bonds. The minimum Gasteiger partial charge on any atom is -0.496 e. The van der Waals surface area contributed by atoms with Gasteiger partial charge in [-0.05, 0) is 66.4 Å². The number of nitrogens with one attached hydrogen (secondary N) is 1. The normalized spacial score (nSPS) is 10.8. The van der Waals surface area contributed by atoms with Crippen LogP contribution in [0.25, 0.3) is 0 Å². The van der Waals surface area contributed by atoms with Gasteiger partial charge in [0.2, 0.25) is 5.91 Å². The van der Waals surface area contributed by atoms with Gasteiger partial charge in [0.05, 0.1) is 19.7 Å². The number of methoxy groups -OCH3 is 1. The molecule has 0 saturated heterocycles. The lowest BCUT2D eigenvalue weighted by Gasteiger charge is -2.13. The Hall–Kier alpha value is -3.31. The van der Waals surface area contributed by atoms with Gasteiger partial charge in [0, 0.05) is 10.6 Å². The van der Waals surface area contributed by atoms with Crippen molar-refractivity contribution in [2.75, 3.05) is 7.11 Å². The largest absolute Gasteiger partial charge is 0.496 e. The molecular weight excluding hydrogens is 412 g/mol. The summed E-state index contributed by atoms with van der Waals surface area (Å²) < 4.78 is 11.4. The van der Waals surface area contributed by atoms with Crippen molar-refractivity contribution in [3.8, 4) is 11.5 Å². The predicted octanol–water partition coefficient (Wildman–Crippen LogP) is 5.24. The van der Waals surface area contributed by atoms with E-state index in [2.05, 4.69) is 10.5 Å². The summed E-state index contributed by atoms with van der Waals surface area (Å²) in [6, 6.07) is 19.0. The van der Waals surface area contributed by atoms with E-state index >= 15 is 0 Å². The van der Waals surface area contributed by atoms with Crippen molar-refractivity contribution >= 4 is 23.7 Å². The van der Waals surface area contributed by atoms with Gasteiger partial charge in [-0.2, -0.15) is 5.10 Å². The molecule has 1 N–H and O–H groups in total. The lowest BCUT2D eigenvalue weighted by atomic mass is 10.1. The lowest BCUT2D eigenvalue weighted by molar-refractivity contribution is -0.120. The predicted molar refractivity (Wildman–Crippen MR) is 124 cm³/mol. The van der Waals surface area contributed by atoms with Gasteiger partial charge in [-0.15, -0.1) is 0 Å². The molecule has 0 aliphatic carbocycles. The summed E-state index contributed by atoms with van der Waals surface area (Å²) in [5.74, 6) is 1.29. The molecule has 0 spiro atoms. The summed E-state index contributed by atoms with van der Waals surface area (Å²) >= 11 is 6.23. The average Bonchev–Trinajstić information content (AvgIpc) is 2.76. The zero-order chi connectivity index (χ0) is 22.2. The summed E-state index contributed by atoms with van der Waals surface area (Å²) in [6.07, 6.45) is 1.88. The van der Waals surface area contributed by atoms with E-state index in [-0.39, 0.29) is 12.3 Å². The van der Waals surface area contributed by atoms with Gasteiger partial charge < -0.3 is 9.47 Å². The first kappa shape index (κ1) is 22.4. The Morgan fingerprint density at radius 1 is 1.06 bits per heavy atom. The molecule has 0 saturated carbocycles. The number of carbonyl (C=O) groups excluding carboxylic acids is 1. The van der Waals surface area contributed by atoms with E-state index in [1.807, 2.05) is 74.5 Å². The lowest BCUT2D eigenvalue weighted by Crippen LogP contribution is -2.19. The van der Waals surface area contributed by atoms with E-state index in [0.29, 0.717) is 12.4 Å². The third-order valence-corrected chi connectivity index (χ3v) is 5.32. The molecule has 5 nitrogen and oxygen atoms in total. The average molecular weight is 437 g/mol. The fourth-order valence-electron chi connectivity index (χ4n) is 3.14. The highest BCUT2D eigenvalue weighted by molar-refractivity contribution is 6.32. The van der Waals surface area contributed by atoms with Gasteiger partial charge in [0.15, 0.2) is 0 Å². The van der Waals surface area contributed by atoms with Crippen molar-refractivity contribution in [3.05, 3.63) is 93.5 Å². The van der Waals surface area contributed by atoms with Gasteiger partial charge in [0.1, 0.15) is 18.1 Å². The van der Waals surface area contributed by atoms with Crippen LogP contribution in [0.1, 0.15) is 27.8 Å². The Morgan fingerprint density at radius 2 is 1.77 bits per heavy atom. The van der Waals surface area contributed by atoms with Crippen LogP contribution >= 0.6 is 11.6 Å². The zero-order valence-electron chi connectivity index (χ0n) is 17.8. The Labute approximate surface area is 187 Å². The number of amides is 1. The van der Waals surface area contributed by atoms with E-state index in [9.17, 15) is 4.79 Å². The molecule has 0 atom stereocenters. The standard InChI is InChI=1S/C25H25ClN2O3/c1-17-11-22(12-18(2)25(17)26)31-16-21-13-20(9-10-23(21)30-3)15-27-28-24(29)14-19-7-5-4-6-8-19/h4-13,15H,14,16H2,1-3H3,(H,28,29). The summed E-state index contributed by atoms with van der Waals surface area (Å²) in [6.45, 7) is 4.23. The maximum atomic E-state index is 12.0. The van der Waals surface area contributed by atoms with Crippen LogP contribution in [0.4, 0.5) is 0 Å². The summed E-state index contributed by atoms with van der Waals surface area (Å²) in [4.78, 5) is 12.0. The van der Waals surface area contributed by atoms with Crippen LogP contribution in [0.3, 0.4) is 0 Å². The molecule has 3 rings (SSSR count).